The van der Waals surface area contributed by atoms with Crippen LogP contribution in [-0.2, 0) is 14.8 Å². The first-order valence-corrected chi connectivity index (χ1v) is 9.03. The number of benzene rings is 1. The van der Waals surface area contributed by atoms with E-state index < -0.39 is 27.3 Å². The molecular weight excluding hydrogens is 298 g/mol. The molecule has 0 aromatic heterocycles. The van der Waals surface area contributed by atoms with Crippen LogP contribution in [0.25, 0.3) is 0 Å². The quantitative estimate of drug-likeness (QED) is 0.906. The molecule has 0 amide bonds. The minimum Gasteiger partial charge on any atom is -0.480 e. The fourth-order valence-corrected chi connectivity index (χ4v) is 4.57. The van der Waals surface area contributed by atoms with Crippen molar-refractivity contribution < 1.29 is 18.3 Å². The molecule has 0 unspecified atom stereocenters. The Balaban J connectivity index is 0.000000956. The van der Waals surface area contributed by atoms with Gasteiger partial charge in [-0.1, -0.05) is 26.0 Å². The maximum atomic E-state index is 11.9. The average Bonchev–Trinajstić information content (AvgIpc) is 2.38. The molecule has 1 aliphatic rings. The summed E-state index contributed by atoms with van der Waals surface area (Å²) < 4.78 is 24.9. The Morgan fingerprint density at radius 3 is 2.35 bits per heavy atom. The average molecular weight is 317 g/mol. The summed E-state index contributed by atoms with van der Waals surface area (Å²) in [5.74, 6) is -1.00. The van der Waals surface area contributed by atoms with Gasteiger partial charge < -0.3 is 5.11 Å². The first kappa shape index (κ1) is 16.8. The zero-order valence-corrected chi connectivity index (χ0v) is 13.5. The van der Waals surface area contributed by atoms with Crippen LogP contribution in [0.2, 0.25) is 0 Å². The number of nitrogens with zero attached hydrogens (tertiary/aromatic N) is 1. The number of para-hydroxylation sites is 1. The van der Waals surface area contributed by atoms with Gasteiger partial charge >= 0.3 is 5.97 Å². The van der Waals surface area contributed by atoms with E-state index >= 15 is 0 Å². The minimum absolute atomic E-state index is 0.551. The number of rotatable bonds is 2. The Hall–Kier alpha value is -1.21. The number of hydrogen-bond donors (Lipinski definition) is 1. The SMILES string of the molecule is CC.C[C@@H]1[C@H](C(=O)O)Sc2ccccc2N1S(C)(=O)=O. The van der Waals surface area contributed by atoms with E-state index in [2.05, 4.69) is 0 Å². The number of hydrogen-bond acceptors (Lipinski definition) is 4. The van der Waals surface area contributed by atoms with Crippen LogP contribution >= 0.6 is 11.8 Å². The third kappa shape index (κ3) is 3.27. The van der Waals surface area contributed by atoms with Gasteiger partial charge in [0.05, 0.1) is 18.0 Å². The number of fused-ring (bicyclic) bond motifs is 1. The van der Waals surface area contributed by atoms with Crippen LogP contribution < -0.4 is 4.31 Å². The Morgan fingerprint density at radius 2 is 1.85 bits per heavy atom. The Bertz CT molecular complexity index is 586. The largest absolute Gasteiger partial charge is 0.480 e. The molecular formula is C13H19NO4S2. The van der Waals surface area contributed by atoms with Gasteiger partial charge in [0, 0.05) is 4.90 Å². The van der Waals surface area contributed by atoms with E-state index in [1.54, 1.807) is 31.2 Å². The molecule has 1 aromatic carbocycles. The lowest BCUT2D eigenvalue weighted by atomic mass is 10.2. The molecule has 0 spiro atoms. The molecule has 7 heteroatoms. The number of thioether (sulfide) groups is 1. The first-order valence-electron chi connectivity index (χ1n) is 6.30. The Morgan fingerprint density at radius 1 is 1.30 bits per heavy atom. The van der Waals surface area contributed by atoms with Gasteiger partial charge in [-0.25, -0.2) is 8.42 Å². The third-order valence-electron chi connectivity index (χ3n) is 2.77. The van der Waals surface area contributed by atoms with Crippen molar-refractivity contribution in [3.8, 4) is 0 Å². The Kier molecular flexibility index (Phi) is 5.47. The molecule has 2 rings (SSSR count). The third-order valence-corrected chi connectivity index (χ3v) is 5.46. The number of carbonyl (C=O) groups is 1. The summed E-state index contributed by atoms with van der Waals surface area (Å²) >= 11 is 1.19. The molecule has 20 heavy (non-hydrogen) atoms. The number of anilines is 1. The van der Waals surface area contributed by atoms with Gasteiger partial charge in [-0.15, -0.1) is 11.8 Å². The van der Waals surface area contributed by atoms with Crippen molar-refractivity contribution in [2.45, 2.75) is 37.0 Å². The van der Waals surface area contributed by atoms with Gasteiger partial charge in [0.2, 0.25) is 10.0 Å². The lowest BCUT2D eigenvalue weighted by Gasteiger charge is -2.37. The second-order valence-corrected chi connectivity index (χ2v) is 7.19. The molecule has 1 aromatic rings. The van der Waals surface area contributed by atoms with E-state index in [0.29, 0.717) is 10.6 Å². The van der Waals surface area contributed by atoms with Crippen LogP contribution in [0.1, 0.15) is 20.8 Å². The van der Waals surface area contributed by atoms with Crippen molar-refractivity contribution in [3.63, 3.8) is 0 Å². The van der Waals surface area contributed by atoms with Crippen molar-refractivity contribution in [1.29, 1.82) is 0 Å². The fourth-order valence-electron chi connectivity index (χ4n) is 2.05. The van der Waals surface area contributed by atoms with Crippen LogP contribution in [0.5, 0.6) is 0 Å². The maximum absolute atomic E-state index is 11.9. The standard InChI is InChI=1S/C11H13NO4S2.C2H6/c1-7-10(11(13)14)17-9-6-4-3-5-8(9)12(7)18(2,15)16;1-2/h3-7,10H,1-2H3,(H,13,14);1-2H3/t7-,10-;/m1./s1. The Labute approximate surface area is 124 Å². The number of carboxylic acids is 1. The molecule has 0 saturated carbocycles. The second kappa shape index (κ2) is 6.49. The first-order chi connectivity index (χ1) is 9.32. The molecule has 1 heterocycles. The van der Waals surface area contributed by atoms with E-state index in [0.717, 1.165) is 6.26 Å². The highest BCUT2D eigenvalue weighted by molar-refractivity contribution is 8.01. The lowest BCUT2D eigenvalue weighted by molar-refractivity contribution is -0.136. The molecule has 2 atom stereocenters. The summed E-state index contributed by atoms with van der Waals surface area (Å²) in [6.45, 7) is 5.61. The summed E-state index contributed by atoms with van der Waals surface area (Å²) in [7, 11) is -3.50. The predicted molar refractivity (Wildman–Crippen MR) is 81.9 cm³/mol. The van der Waals surface area contributed by atoms with E-state index in [-0.39, 0.29) is 0 Å². The number of sulfonamides is 1. The highest BCUT2D eigenvalue weighted by Crippen LogP contribution is 2.42. The smallest absolute Gasteiger partial charge is 0.319 e. The molecule has 0 fully saturated rings. The van der Waals surface area contributed by atoms with Crippen molar-refractivity contribution in [2.75, 3.05) is 10.6 Å². The lowest BCUT2D eigenvalue weighted by Crippen LogP contribution is -2.49. The van der Waals surface area contributed by atoms with Crippen LogP contribution in [0.15, 0.2) is 29.2 Å². The van der Waals surface area contributed by atoms with Crippen LogP contribution in [0, 0.1) is 0 Å². The highest BCUT2D eigenvalue weighted by atomic mass is 32.2. The normalized spacial score (nSPS) is 21.5. The van der Waals surface area contributed by atoms with E-state index in [1.807, 2.05) is 13.8 Å². The molecule has 112 valence electrons. The number of carboxylic acid groups (broad SMARTS) is 1. The summed E-state index contributed by atoms with van der Waals surface area (Å²) in [5, 5.41) is 8.38. The molecule has 0 bridgehead atoms. The van der Waals surface area contributed by atoms with E-state index in [1.165, 1.54) is 16.1 Å². The van der Waals surface area contributed by atoms with Gasteiger partial charge in [-0.3, -0.25) is 9.10 Å². The van der Waals surface area contributed by atoms with E-state index in [9.17, 15) is 18.3 Å². The fraction of sp³-hybridized carbons (Fsp3) is 0.462. The summed E-state index contributed by atoms with van der Waals surface area (Å²) in [5.41, 5.74) is 0.551. The van der Waals surface area contributed by atoms with Gasteiger partial charge in [0.1, 0.15) is 5.25 Å². The summed E-state index contributed by atoms with van der Waals surface area (Å²) in [6.07, 6.45) is 1.09. The maximum Gasteiger partial charge on any atom is 0.319 e. The highest BCUT2D eigenvalue weighted by Gasteiger charge is 2.40. The van der Waals surface area contributed by atoms with Gasteiger partial charge in [-0.05, 0) is 19.1 Å². The predicted octanol–water partition coefficient (Wildman–Crippen LogP) is 2.43. The van der Waals surface area contributed by atoms with Gasteiger partial charge in [0.25, 0.3) is 0 Å². The van der Waals surface area contributed by atoms with Gasteiger partial charge in [-0.2, -0.15) is 0 Å². The van der Waals surface area contributed by atoms with Gasteiger partial charge in [0.15, 0.2) is 0 Å². The zero-order valence-electron chi connectivity index (χ0n) is 11.9. The summed E-state index contributed by atoms with van der Waals surface area (Å²) in [4.78, 5) is 11.9. The zero-order chi connectivity index (χ0) is 15.5. The topological polar surface area (TPSA) is 74.7 Å². The van der Waals surface area contributed by atoms with Crippen LogP contribution in [0.4, 0.5) is 5.69 Å². The second-order valence-electron chi connectivity index (χ2n) is 4.14. The molecule has 1 N–H and O–H groups in total. The van der Waals surface area contributed by atoms with Crippen molar-refractivity contribution in [2.24, 2.45) is 0 Å². The summed E-state index contributed by atoms with van der Waals surface area (Å²) in [6, 6.07) is 6.32. The van der Waals surface area contributed by atoms with Crippen LogP contribution in [0.3, 0.4) is 0 Å². The number of aliphatic carboxylic acids is 1. The van der Waals surface area contributed by atoms with E-state index in [4.69, 9.17) is 0 Å². The van der Waals surface area contributed by atoms with Crippen molar-refractivity contribution >= 4 is 33.4 Å². The van der Waals surface area contributed by atoms with Crippen LogP contribution in [-0.4, -0.2) is 37.0 Å². The molecule has 0 radical (unpaired) electrons. The molecule has 0 saturated heterocycles. The molecule has 0 aliphatic carbocycles. The minimum atomic E-state index is -3.50. The molecule has 1 aliphatic heterocycles. The monoisotopic (exact) mass is 317 g/mol. The molecule has 5 nitrogen and oxygen atoms in total. The van der Waals surface area contributed by atoms with Crippen molar-refractivity contribution in [3.05, 3.63) is 24.3 Å². The van der Waals surface area contributed by atoms with Crippen molar-refractivity contribution in [1.82, 2.24) is 0 Å².